The van der Waals surface area contributed by atoms with Crippen molar-refractivity contribution in [3.8, 4) is 0 Å². The first kappa shape index (κ1) is 28.9. The number of carbonyl (C=O) groups excluding carboxylic acids is 5. The van der Waals surface area contributed by atoms with Crippen molar-refractivity contribution in [3.63, 3.8) is 0 Å². The highest BCUT2D eigenvalue weighted by Gasteiger charge is 2.41. The number of nitrogens with one attached hydrogen (secondary N) is 2. The van der Waals surface area contributed by atoms with Gasteiger partial charge in [0.25, 0.3) is 0 Å². The summed E-state index contributed by atoms with van der Waals surface area (Å²) in [4.78, 5) is 66.8. The molecule has 2 aliphatic rings. The van der Waals surface area contributed by atoms with E-state index in [0.29, 0.717) is 32.3 Å². The van der Waals surface area contributed by atoms with E-state index >= 15 is 0 Å². The van der Waals surface area contributed by atoms with E-state index in [-0.39, 0.29) is 49.3 Å². The van der Waals surface area contributed by atoms with Crippen molar-refractivity contribution in [2.45, 2.75) is 70.6 Å². The fourth-order valence-electron chi connectivity index (χ4n) is 4.54. The molecule has 4 unspecified atom stereocenters. The molecule has 4 atom stereocenters. The molecule has 0 aromatic rings. The van der Waals surface area contributed by atoms with Crippen LogP contribution in [-0.2, 0) is 28.7 Å². The normalized spacial score (nSPS) is 22.7. The van der Waals surface area contributed by atoms with Gasteiger partial charge in [-0.25, -0.2) is 4.79 Å². The van der Waals surface area contributed by atoms with E-state index in [2.05, 4.69) is 10.0 Å². The number of likely N-dealkylation sites (tertiary alicyclic amines) is 2. The van der Waals surface area contributed by atoms with E-state index in [1.807, 2.05) is 27.0 Å². The van der Waals surface area contributed by atoms with Crippen LogP contribution in [0.3, 0.4) is 0 Å². The molecule has 2 aliphatic heterocycles. The molecule has 11 nitrogen and oxygen atoms in total. The van der Waals surface area contributed by atoms with E-state index < -0.39 is 24.1 Å². The molecular weight excluding hydrogens is 474 g/mol. The average Bonchev–Trinajstić information content (AvgIpc) is 3.44. The molecule has 2 heterocycles. The minimum Gasteiger partial charge on any atom is -0.464 e. The predicted octanol–water partition coefficient (Wildman–Crippen LogP) is -0.00330. The van der Waals surface area contributed by atoms with Gasteiger partial charge in [-0.15, -0.1) is 0 Å². The Kier molecular flexibility index (Phi) is 11.3. The SMILES string of the molecule is CSNCC(C(=O)NC(C)C)N(C)C(=O)C1CC(C)CN1C(=O)CCOC(=O)C1CCCN1C=O. The summed E-state index contributed by atoms with van der Waals surface area (Å²) in [6.07, 6.45) is 4.22. The summed E-state index contributed by atoms with van der Waals surface area (Å²) < 4.78 is 8.31. The number of esters is 1. The summed E-state index contributed by atoms with van der Waals surface area (Å²) in [5.41, 5.74) is 0. The number of likely N-dealkylation sites (N-methyl/N-ethyl adjacent to an activating group) is 1. The zero-order valence-corrected chi connectivity index (χ0v) is 22.1. The molecule has 2 fully saturated rings. The second-order valence-electron chi connectivity index (χ2n) is 9.50. The lowest BCUT2D eigenvalue weighted by Gasteiger charge is -2.33. The number of nitrogens with zero attached hydrogens (tertiary/aromatic N) is 3. The monoisotopic (exact) mass is 513 g/mol. The molecule has 0 aliphatic carbocycles. The highest BCUT2D eigenvalue weighted by atomic mass is 32.2. The van der Waals surface area contributed by atoms with Crippen molar-refractivity contribution < 1.29 is 28.7 Å². The molecule has 4 amide bonds. The van der Waals surface area contributed by atoms with E-state index in [0.717, 1.165) is 6.42 Å². The van der Waals surface area contributed by atoms with Crippen LogP contribution in [0.15, 0.2) is 0 Å². The molecule has 0 radical (unpaired) electrons. The summed E-state index contributed by atoms with van der Waals surface area (Å²) in [6.45, 7) is 6.78. The van der Waals surface area contributed by atoms with Crippen molar-refractivity contribution in [2.75, 3.05) is 39.5 Å². The fourth-order valence-corrected chi connectivity index (χ4v) is 4.86. The molecule has 2 N–H and O–H groups in total. The molecule has 0 aromatic carbocycles. The third-order valence-corrected chi connectivity index (χ3v) is 6.80. The van der Waals surface area contributed by atoms with Gasteiger partial charge < -0.3 is 24.8 Å². The van der Waals surface area contributed by atoms with Gasteiger partial charge in [-0.05, 0) is 45.3 Å². The Morgan fingerprint density at radius 2 is 1.94 bits per heavy atom. The van der Waals surface area contributed by atoms with Gasteiger partial charge in [0.05, 0.1) is 6.42 Å². The van der Waals surface area contributed by atoms with Gasteiger partial charge in [-0.3, -0.25) is 23.9 Å². The number of hydrogen-bond donors (Lipinski definition) is 2. The smallest absolute Gasteiger partial charge is 0.328 e. The molecule has 2 saturated heterocycles. The quantitative estimate of drug-likeness (QED) is 0.212. The molecular formula is C23H39N5O6S. The Morgan fingerprint density at radius 3 is 2.57 bits per heavy atom. The van der Waals surface area contributed by atoms with Crippen molar-refractivity contribution in [1.82, 2.24) is 24.7 Å². The van der Waals surface area contributed by atoms with Gasteiger partial charge in [0.1, 0.15) is 24.7 Å². The first-order chi connectivity index (χ1) is 16.6. The van der Waals surface area contributed by atoms with Crippen LogP contribution < -0.4 is 10.0 Å². The predicted molar refractivity (Wildman–Crippen MR) is 132 cm³/mol. The highest BCUT2D eigenvalue weighted by Crippen LogP contribution is 2.26. The van der Waals surface area contributed by atoms with Gasteiger partial charge in [0.15, 0.2) is 0 Å². The number of amides is 4. The Balaban J connectivity index is 1.99. The van der Waals surface area contributed by atoms with Crippen molar-refractivity contribution >= 4 is 42.0 Å². The van der Waals surface area contributed by atoms with Crippen molar-refractivity contribution in [2.24, 2.45) is 5.92 Å². The van der Waals surface area contributed by atoms with Crippen LogP contribution in [0.25, 0.3) is 0 Å². The van der Waals surface area contributed by atoms with Gasteiger partial charge in [0.2, 0.25) is 24.1 Å². The average molecular weight is 514 g/mol. The van der Waals surface area contributed by atoms with Crippen molar-refractivity contribution in [3.05, 3.63) is 0 Å². The number of ether oxygens (including phenoxy) is 1. The highest BCUT2D eigenvalue weighted by molar-refractivity contribution is 7.96. The largest absolute Gasteiger partial charge is 0.464 e. The van der Waals surface area contributed by atoms with E-state index in [1.54, 1.807) is 7.05 Å². The third kappa shape index (κ3) is 7.83. The zero-order chi connectivity index (χ0) is 26.1. The van der Waals surface area contributed by atoms with Crippen LogP contribution in [0, 0.1) is 5.92 Å². The van der Waals surface area contributed by atoms with Gasteiger partial charge in [0, 0.05) is 32.7 Å². The van der Waals surface area contributed by atoms with Crippen LogP contribution >= 0.6 is 11.9 Å². The van der Waals surface area contributed by atoms with Gasteiger partial charge in [-0.2, -0.15) is 0 Å². The third-order valence-electron chi connectivity index (χ3n) is 6.35. The maximum Gasteiger partial charge on any atom is 0.328 e. The molecule has 12 heteroatoms. The zero-order valence-electron chi connectivity index (χ0n) is 21.3. The van der Waals surface area contributed by atoms with E-state index in [1.165, 1.54) is 26.6 Å². The van der Waals surface area contributed by atoms with Gasteiger partial charge >= 0.3 is 5.97 Å². The Labute approximate surface area is 211 Å². The molecule has 2 rings (SSSR count). The van der Waals surface area contributed by atoms with Crippen LogP contribution in [-0.4, -0.2) is 109 Å². The molecule has 0 bridgehead atoms. The second-order valence-corrected chi connectivity index (χ2v) is 10.2. The fraction of sp³-hybridized carbons (Fsp3) is 0.783. The number of carbonyl (C=O) groups is 5. The standard InChI is InChI=1S/C23H39N5O6S/c1-15(2)25-21(31)19(12-24-35-5)26(4)22(32)18-11-16(3)13-28(18)20(30)8-10-34-23(33)17-7-6-9-27(17)14-29/h14-19,24H,6-13H2,1-5H3,(H,25,31). The molecule has 198 valence electrons. The van der Waals surface area contributed by atoms with Crippen LogP contribution in [0.2, 0.25) is 0 Å². The van der Waals surface area contributed by atoms with Crippen LogP contribution in [0.4, 0.5) is 0 Å². The Morgan fingerprint density at radius 1 is 1.23 bits per heavy atom. The Hall–Kier alpha value is -2.34. The van der Waals surface area contributed by atoms with Crippen LogP contribution in [0.1, 0.15) is 46.5 Å². The first-order valence-electron chi connectivity index (χ1n) is 12.1. The van der Waals surface area contributed by atoms with Crippen LogP contribution in [0.5, 0.6) is 0 Å². The summed E-state index contributed by atoms with van der Waals surface area (Å²) >= 11 is 1.36. The number of hydrogen-bond acceptors (Lipinski definition) is 8. The molecule has 0 saturated carbocycles. The lowest BCUT2D eigenvalue weighted by atomic mass is 10.1. The minimum atomic E-state index is -0.724. The lowest BCUT2D eigenvalue weighted by molar-refractivity contribution is -0.153. The Bertz CT molecular complexity index is 782. The minimum absolute atomic E-state index is 0.0505. The summed E-state index contributed by atoms with van der Waals surface area (Å²) in [5, 5.41) is 2.85. The second kappa shape index (κ2) is 13.7. The van der Waals surface area contributed by atoms with Crippen molar-refractivity contribution in [1.29, 1.82) is 0 Å². The maximum absolute atomic E-state index is 13.4. The molecule has 0 spiro atoms. The lowest BCUT2D eigenvalue weighted by Crippen LogP contribution is -2.57. The summed E-state index contributed by atoms with van der Waals surface area (Å²) in [7, 11) is 1.59. The number of rotatable bonds is 12. The van der Waals surface area contributed by atoms with E-state index in [9.17, 15) is 24.0 Å². The molecule has 35 heavy (non-hydrogen) atoms. The first-order valence-corrected chi connectivity index (χ1v) is 13.3. The van der Waals surface area contributed by atoms with Gasteiger partial charge in [-0.1, -0.05) is 18.9 Å². The summed E-state index contributed by atoms with van der Waals surface area (Å²) in [6, 6.07) is -2.07. The van der Waals surface area contributed by atoms with E-state index in [4.69, 9.17) is 4.74 Å². The maximum atomic E-state index is 13.4. The topological polar surface area (TPSA) is 128 Å². The summed E-state index contributed by atoms with van der Waals surface area (Å²) in [5.74, 6) is -1.22. The molecule has 0 aromatic heterocycles.